The summed E-state index contributed by atoms with van der Waals surface area (Å²) < 4.78 is 14.0. The summed E-state index contributed by atoms with van der Waals surface area (Å²) in [6.45, 7) is 6.18. The Bertz CT molecular complexity index is 605. The Hall–Kier alpha value is -1.20. The molecular formula is C13H15BrFN3. The first-order chi connectivity index (χ1) is 8.32. The van der Waals surface area contributed by atoms with E-state index in [2.05, 4.69) is 47.1 Å². The molecule has 1 aromatic carbocycles. The molecule has 0 aliphatic rings. The SMILES string of the molecule is CC(C)(C)c1cc2cc(F)cc(Br)c2nc1NN. The number of nitrogens with zero attached hydrogens (tertiary/aromatic N) is 1. The smallest absolute Gasteiger partial charge is 0.144 e. The first kappa shape index (κ1) is 13.2. The van der Waals surface area contributed by atoms with Gasteiger partial charge < -0.3 is 5.43 Å². The van der Waals surface area contributed by atoms with Gasteiger partial charge in [-0.2, -0.15) is 0 Å². The standard InChI is InChI=1S/C13H15BrFN3/c1-13(2,3)9-5-7-4-8(15)6-10(14)11(7)17-12(9)18-16/h4-6H,16H2,1-3H3,(H,17,18). The second-order valence-electron chi connectivity index (χ2n) is 5.24. The van der Waals surface area contributed by atoms with Gasteiger partial charge in [0.2, 0.25) is 0 Å². The molecule has 3 N–H and O–H groups in total. The average Bonchev–Trinajstić information content (AvgIpc) is 2.26. The number of halogens is 2. The van der Waals surface area contributed by atoms with Crippen molar-refractivity contribution in [2.75, 3.05) is 5.43 Å². The zero-order chi connectivity index (χ0) is 13.5. The topological polar surface area (TPSA) is 50.9 Å². The van der Waals surface area contributed by atoms with E-state index in [4.69, 9.17) is 5.84 Å². The fraction of sp³-hybridized carbons (Fsp3) is 0.308. The molecule has 0 atom stereocenters. The van der Waals surface area contributed by atoms with E-state index >= 15 is 0 Å². The van der Waals surface area contributed by atoms with Crippen LogP contribution >= 0.6 is 15.9 Å². The van der Waals surface area contributed by atoms with Gasteiger partial charge >= 0.3 is 0 Å². The monoisotopic (exact) mass is 311 g/mol. The number of hydrazine groups is 1. The van der Waals surface area contributed by atoms with E-state index in [1.54, 1.807) is 0 Å². The van der Waals surface area contributed by atoms with Gasteiger partial charge in [0.05, 0.1) is 5.52 Å². The number of nitrogen functional groups attached to an aromatic ring is 1. The third-order valence-corrected chi connectivity index (χ3v) is 3.39. The third kappa shape index (κ3) is 2.33. The molecule has 18 heavy (non-hydrogen) atoms. The molecule has 96 valence electrons. The van der Waals surface area contributed by atoms with Gasteiger partial charge in [0.25, 0.3) is 0 Å². The first-order valence-corrected chi connectivity index (χ1v) is 6.39. The van der Waals surface area contributed by atoms with Gasteiger partial charge in [-0.3, -0.25) is 0 Å². The summed E-state index contributed by atoms with van der Waals surface area (Å²) in [4.78, 5) is 4.45. The maximum absolute atomic E-state index is 13.4. The van der Waals surface area contributed by atoms with Gasteiger partial charge in [-0.1, -0.05) is 20.8 Å². The number of anilines is 1. The summed E-state index contributed by atoms with van der Waals surface area (Å²) in [5.41, 5.74) is 4.13. The summed E-state index contributed by atoms with van der Waals surface area (Å²) >= 11 is 3.31. The largest absolute Gasteiger partial charge is 0.308 e. The van der Waals surface area contributed by atoms with E-state index in [1.165, 1.54) is 12.1 Å². The van der Waals surface area contributed by atoms with Crippen molar-refractivity contribution < 1.29 is 4.39 Å². The van der Waals surface area contributed by atoms with Gasteiger partial charge in [0.1, 0.15) is 11.6 Å². The molecule has 0 unspecified atom stereocenters. The lowest BCUT2D eigenvalue weighted by atomic mass is 9.86. The molecule has 0 aliphatic heterocycles. The number of benzene rings is 1. The Kier molecular flexibility index (Phi) is 3.29. The van der Waals surface area contributed by atoms with Crippen molar-refractivity contribution in [1.82, 2.24) is 4.98 Å². The zero-order valence-corrected chi connectivity index (χ0v) is 12.1. The highest BCUT2D eigenvalue weighted by molar-refractivity contribution is 9.10. The van der Waals surface area contributed by atoms with E-state index < -0.39 is 0 Å². The second kappa shape index (κ2) is 4.48. The lowest BCUT2D eigenvalue weighted by molar-refractivity contribution is 0.590. The van der Waals surface area contributed by atoms with E-state index in [0.29, 0.717) is 15.8 Å². The van der Waals surface area contributed by atoms with E-state index in [1.807, 2.05) is 6.07 Å². The predicted octanol–water partition coefficient (Wildman–Crippen LogP) is 3.72. The Balaban J connectivity index is 2.81. The number of pyridine rings is 1. The summed E-state index contributed by atoms with van der Waals surface area (Å²) in [6.07, 6.45) is 0. The fourth-order valence-corrected chi connectivity index (χ4v) is 2.43. The molecule has 0 fully saturated rings. The summed E-state index contributed by atoms with van der Waals surface area (Å²) in [6, 6.07) is 4.79. The van der Waals surface area contributed by atoms with E-state index in [-0.39, 0.29) is 11.2 Å². The lowest BCUT2D eigenvalue weighted by Gasteiger charge is -2.22. The Morgan fingerprint density at radius 3 is 2.50 bits per heavy atom. The molecule has 2 rings (SSSR count). The maximum atomic E-state index is 13.4. The van der Waals surface area contributed by atoms with Crippen LogP contribution in [0.5, 0.6) is 0 Å². The Labute approximate surface area is 114 Å². The number of hydrogen-bond donors (Lipinski definition) is 2. The van der Waals surface area contributed by atoms with Crippen molar-refractivity contribution in [2.24, 2.45) is 5.84 Å². The van der Waals surface area contributed by atoms with Crippen molar-refractivity contribution in [3.8, 4) is 0 Å². The van der Waals surface area contributed by atoms with Crippen LogP contribution in [0.2, 0.25) is 0 Å². The highest BCUT2D eigenvalue weighted by atomic mass is 79.9. The highest BCUT2D eigenvalue weighted by Crippen LogP contribution is 2.33. The van der Waals surface area contributed by atoms with E-state index in [0.717, 1.165) is 10.9 Å². The van der Waals surface area contributed by atoms with Crippen molar-refractivity contribution in [3.63, 3.8) is 0 Å². The van der Waals surface area contributed by atoms with Crippen LogP contribution in [0.1, 0.15) is 26.3 Å². The second-order valence-corrected chi connectivity index (χ2v) is 6.09. The summed E-state index contributed by atoms with van der Waals surface area (Å²) in [7, 11) is 0. The quantitative estimate of drug-likeness (QED) is 0.623. The van der Waals surface area contributed by atoms with Crippen LogP contribution < -0.4 is 11.3 Å². The van der Waals surface area contributed by atoms with Gasteiger partial charge in [-0.25, -0.2) is 15.2 Å². The molecule has 1 aromatic heterocycles. The summed E-state index contributed by atoms with van der Waals surface area (Å²) in [5.74, 6) is 5.84. The number of hydrogen-bond acceptors (Lipinski definition) is 3. The van der Waals surface area contributed by atoms with Crippen LogP contribution in [0.25, 0.3) is 10.9 Å². The van der Waals surface area contributed by atoms with Gasteiger partial charge in [-0.15, -0.1) is 0 Å². The van der Waals surface area contributed by atoms with Gasteiger partial charge in [0.15, 0.2) is 0 Å². The maximum Gasteiger partial charge on any atom is 0.144 e. The molecule has 0 saturated carbocycles. The Morgan fingerprint density at radius 1 is 1.28 bits per heavy atom. The van der Waals surface area contributed by atoms with E-state index in [9.17, 15) is 4.39 Å². The molecule has 0 saturated heterocycles. The minimum Gasteiger partial charge on any atom is -0.308 e. The van der Waals surface area contributed by atoms with Gasteiger partial charge in [0, 0.05) is 15.4 Å². The van der Waals surface area contributed by atoms with Crippen molar-refractivity contribution in [3.05, 3.63) is 34.1 Å². The lowest BCUT2D eigenvalue weighted by Crippen LogP contribution is -2.19. The number of nitrogens with two attached hydrogens (primary N) is 1. The van der Waals surface area contributed by atoms with Crippen LogP contribution in [0.3, 0.4) is 0 Å². The molecule has 0 radical (unpaired) electrons. The van der Waals surface area contributed by atoms with Crippen molar-refractivity contribution in [2.45, 2.75) is 26.2 Å². The fourth-order valence-electron chi connectivity index (χ4n) is 1.89. The minimum absolute atomic E-state index is 0.123. The van der Waals surface area contributed by atoms with Crippen LogP contribution in [-0.4, -0.2) is 4.98 Å². The number of nitrogens with one attached hydrogen (secondary N) is 1. The van der Waals surface area contributed by atoms with Crippen LogP contribution in [0, 0.1) is 5.82 Å². The molecule has 0 bridgehead atoms. The number of rotatable bonds is 1. The minimum atomic E-state index is -0.288. The molecule has 1 heterocycles. The summed E-state index contributed by atoms with van der Waals surface area (Å²) in [5, 5.41) is 0.755. The van der Waals surface area contributed by atoms with Crippen molar-refractivity contribution in [1.29, 1.82) is 0 Å². The van der Waals surface area contributed by atoms with Crippen LogP contribution in [-0.2, 0) is 5.41 Å². The Morgan fingerprint density at radius 2 is 1.94 bits per heavy atom. The van der Waals surface area contributed by atoms with Crippen LogP contribution in [0.4, 0.5) is 10.2 Å². The molecule has 3 nitrogen and oxygen atoms in total. The third-order valence-electron chi connectivity index (χ3n) is 2.78. The normalized spacial score (nSPS) is 11.9. The molecule has 2 aromatic rings. The molecule has 5 heteroatoms. The average molecular weight is 312 g/mol. The molecule has 0 spiro atoms. The molecule has 0 aliphatic carbocycles. The van der Waals surface area contributed by atoms with Crippen LogP contribution in [0.15, 0.2) is 22.7 Å². The first-order valence-electron chi connectivity index (χ1n) is 5.60. The van der Waals surface area contributed by atoms with Crippen molar-refractivity contribution >= 4 is 32.7 Å². The highest BCUT2D eigenvalue weighted by Gasteiger charge is 2.20. The molecular weight excluding hydrogens is 297 g/mol. The molecule has 0 amide bonds. The predicted molar refractivity (Wildman–Crippen MR) is 75.9 cm³/mol. The number of fused-ring (bicyclic) bond motifs is 1. The zero-order valence-electron chi connectivity index (χ0n) is 10.5. The van der Waals surface area contributed by atoms with Gasteiger partial charge in [-0.05, 0) is 39.5 Å². The number of aromatic nitrogens is 1.